The molecule has 0 aliphatic carbocycles. The lowest BCUT2D eigenvalue weighted by Crippen LogP contribution is -2.34. The van der Waals surface area contributed by atoms with Gasteiger partial charge in [-0.3, -0.25) is 0 Å². The average Bonchev–Trinajstić information content (AvgIpc) is 2.43. The Kier molecular flexibility index (Phi) is 6.68. The highest BCUT2D eigenvalue weighted by atomic mass is 19.1. The Labute approximate surface area is 139 Å². The van der Waals surface area contributed by atoms with Gasteiger partial charge in [-0.15, -0.1) is 0 Å². The molecule has 1 aromatic carbocycles. The van der Waals surface area contributed by atoms with E-state index in [9.17, 15) is 24.2 Å². The van der Waals surface area contributed by atoms with E-state index in [2.05, 4.69) is 5.32 Å². The summed E-state index contributed by atoms with van der Waals surface area (Å²) in [6.45, 7) is 5.08. The van der Waals surface area contributed by atoms with Gasteiger partial charge >= 0.3 is 12.1 Å². The van der Waals surface area contributed by atoms with Crippen LogP contribution in [0.15, 0.2) is 18.2 Å². The van der Waals surface area contributed by atoms with Crippen molar-refractivity contribution in [3.05, 3.63) is 35.1 Å². The summed E-state index contributed by atoms with van der Waals surface area (Å²) in [6, 6.07) is 3.42. The number of hydrogen-bond acceptors (Lipinski definition) is 5. The van der Waals surface area contributed by atoms with Crippen molar-refractivity contribution in [2.75, 3.05) is 6.54 Å². The number of carbonyl (C=O) groups is 2. The summed E-state index contributed by atoms with van der Waals surface area (Å²) in [4.78, 5) is 22.6. The van der Waals surface area contributed by atoms with Crippen LogP contribution in [0.3, 0.4) is 0 Å². The van der Waals surface area contributed by atoms with E-state index in [-0.39, 0.29) is 18.5 Å². The summed E-state index contributed by atoms with van der Waals surface area (Å²) in [5.41, 5.74) is -1.59. The first-order valence-electron chi connectivity index (χ1n) is 7.37. The second-order valence-corrected chi connectivity index (χ2v) is 6.24. The normalized spacial score (nSPS) is 13.9. The molecule has 4 N–H and O–H groups in total. The van der Waals surface area contributed by atoms with Crippen LogP contribution in [0.25, 0.3) is 0 Å². The van der Waals surface area contributed by atoms with E-state index in [1.54, 1.807) is 20.8 Å². The first-order valence-corrected chi connectivity index (χ1v) is 7.37. The minimum absolute atomic E-state index is 0.00907. The molecule has 7 nitrogen and oxygen atoms in total. The van der Waals surface area contributed by atoms with Gasteiger partial charge in [-0.25, -0.2) is 14.0 Å². The molecule has 0 bridgehead atoms. The summed E-state index contributed by atoms with van der Waals surface area (Å²) < 4.78 is 18.6. The number of ether oxygens (including phenoxy) is 1. The maximum absolute atomic E-state index is 13.6. The molecule has 1 rings (SSSR count). The Bertz CT molecular complexity index is 599. The number of aliphatic hydroxyl groups is 2. The Balaban J connectivity index is 2.66. The lowest BCUT2D eigenvalue weighted by Gasteiger charge is -2.22. The van der Waals surface area contributed by atoms with Crippen LogP contribution in [0.1, 0.15) is 49.2 Å². The number of carboxylic acid groups (broad SMARTS) is 1. The van der Waals surface area contributed by atoms with Crippen LogP contribution < -0.4 is 5.32 Å². The second kappa shape index (κ2) is 8.07. The van der Waals surface area contributed by atoms with Gasteiger partial charge in [-0.2, -0.15) is 0 Å². The van der Waals surface area contributed by atoms with Crippen LogP contribution in [0.4, 0.5) is 9.18 Å². The number of alkyl carbamates (subject to hydrolysis) is 1. The number of aromatic carboxylic acids is 1. The molecule has 0 fully saturated rings. The first kappa shape index (κ1) is 19.9. The summed E-state index contributed by atoms with van der Waals surface area (Å²) >= 11 is 0. The van der Waals surface area contributed by atoms with Crippen LogP contribution in [0.5, 0.6) is 0 Å². The molecule has 1 amide bonds. The summed E-state index contributed by atoms with van der Waals surface area (Å²) in [7, 11) is 0. The highest BCUT2D eigenvalue weighted by Gasteiger charge is 2.26. The van der Waals surface area contributed by atoms with E-state index in [1.165, 1.54) is 12.1 Å². The molecule has 0 saturated heterocycles. The van der Waals surface area contributed by atoms with E-state index in [0.717, 1.165) is 6.07 Å². The number of halogens is 1. The van der Waals surface area contributed by atoms with Gasteiger partial charge in [0.25, 0.3) is 0 Å². The van der Waals surface area contributed by atoms with Gasteiger partial charge in [0.1, 0.15) is 23.1 Å². The van der Waals surface area contributed by atoms with Crippen molar-refractivity contribution in [2.45, 2.75) is 45.0 Å². The lowest BCUT2D eigenvalue weighted by atomic mass is 9.96. The van der Waals surface area contributed by atoms with Crippen LogP contribution in [0, 0.1) is 5.82 Å². The van der Waals surface area contributed by atoms with E-state index in [1.807, 2.05) is 0 Å². The van der Waals surface area contributed by atoms with E-state index in [4.69, 9.17) is 9.84 Å². The molecule has 134 valence electrons. The third-order valence-corrected chi connectivity index (χ3v) is 3.05. The van der Waals surface area contributed by atoms with Crippen molar-refractivity contribution in [1.82, 2.24) is 5.32 Å². The lowest BCUT2D eigenvalue weighted by molar-refractivity contribution is 0.0113. The number of benzene rings is 1. The highest BCUT2D eigenvalue weighted by molar-refractivity contribution is 5.89. The number of carbonyl (C=O) groups excluding carboxylic acids is 1. The molecular weight excluding hydrogens is 321 g/mol. The van der Waals surface area contributed by atoms with E-state index in [0.29, 0.717) is 0 Å². The first-order chi connectivity index (χ1) is 11.0. The van der Waals surface area contributed by atoms with Crippen molar-refractivity contribution in [1.29, 1.82) is 0 Å². The van der Waals surface area contributed by atoms with Gasteiger partial charge in [0.2, 0.25) is 0 Å². The van der Waals surface area contributed by atoms with Gasteiger partial charge in [0, 0.05) is 12.1 Å². The number of rotatable bonds is 6. The topological polar surface area (TPSA) is 116 Å². The molecule has 24 heavy (non-hydrogen) atoms. The van der Waals surface area contributed by atoms with E-state index >= 15 is 0 Å². The summed E-state index contributed by atoms with van der Waals surface area (Å²) in [5.74, 6) is -2.54. The summed E-state index contributed by atoms with van der Waals surface area (Å²) in [6.07, 6.45) is -3.75. The predicted molar refractivity (Wildman–Crippen MR) is 83.2 cm³/mol. The van der Waals surface area contributed by atoms with Gasteiger partial charge in [-0.05, 0) is 33.3 Å². The zero-order valence-electron chi connectivity index (χ0n) is 13.7. The molecule has 2 atom stereocenters. The maximum atomic E-state index is 13.6. The fraction of sp³-hybridized carbons (Fsp3) is 0.500. The summed E-state index contributed by atoms with van der Waals surface area (Å²) in [5, 5.41) is 31.5. The average molecular weight is 343 g/mol. The van der Waals surface area contributed by atoms with Crippen molar-refractivity contribution in [2.24, 2.45) is 0 Å². The SMILES string of the molecule is CC(C)(C)OC(=O)NCCC(O)C(O)c1cccc(F)c1C(=O)O. The second-order valence-electron chi connectivity index (χ2n) is 6.24. The van der Waals surface area contributed by atoms with Gasteiger partial charge in [0.05, 0.1) is 6.10 Å². The molecule has 0 aromatic heterocycles. The largest absolute Gasteiger partial charge is 0.478 e. The monoisotopic (exact) mass is 343 g/mol. The van der Waals surface area contributed by atoms with Crippen LogP contribution in [-0.2, 0) is 4.74 Å². The number of aliphatic hydroxyl groups excluding tert-OH is 2. The molecule has 0 aliphatic heterocycles. The molecule has 8 heteroatoms. The molecule has 0 spiro atoms. The number of hydrogen-bond donors (Lipinski definition) is 4. The van der Waals surface area contributed by atoms with Crippen molar-refractivity contribution < 1.29 is 34.0 Å². The van der Waals surface area contributed by atoms with Crippen LogP contribution >= 0.6 is 0 Å². The third-order valence-electron chi connectivity index (χ3n) is 3.05. The fourth-order valence-electron chi connectivity index (χ4n) is 2.01. The number of carboxylic acids is 1. The minimum Gasteiger partial charge on any atom is -0.478 e. The molecular formula is C16H22FNO6. The van der Waals surface area contributed by atoms with Gasteiger partial charge < -0.3 is 25.4 Å². The van der Waals surface area contributed by atoms with Crippen molar-refractivity contribution in [3.63, 3.8) is 0 Å². The van der Waals surface area contributed by atoms with Crippen molar-refractivity contribution >= 4 is 12.1 Å². The smallest absolute Gasteiger partial charge is 0.407 e. The van der Waals surface area contributed by atoms with E-state index < -0.39 is 41.3 Å². The molecule has 0 aliphatic rings. The van der Waals surface area contributed by atoms with Gasteiger partial charge in [0.15, 0.2) is 0 Å². The zero-order valence-corrected chi connectivity index (χ0v) is 13.7. The quantitative estimate of drug-likeness (QED) is 0.626. The fourth-order valence-corrected chi connectivity index (χ4v) is 2.01. The minimum atomic E-state index is -1.60. The van der Waals surface area contributed by atoms with Crippen molar-refractivity contribution in [3.8, 4) is 0 Å². The third kappa shape index (κ3) is 5.78. The molecule has 0 radical (unpaired) electrons. The van der Waals surface area contributed by atoms with Crippen LogP contribution in [0.2, 0.25) is 0 Å². The Hall–Kier alpha value is -2.19. The molecule has 1 aromatic rings. The number of amides is 1. The highest BCUT2D eigenvalue weighted by Crippen LogP contribution is 2.24. The molecule has 2 unspecified atom stereocenters. The Morgan fingerprint density at radius 3 is 2.46 bits per heavy atom. The standard InChI is InChI=1S/C16H22FNO6/c1-16(2,3)24-15(23)18-8-7-11(19)13(20)9-5-4-6-10(17)12(9)14(21)22/h4-6,11,13,19-20H,7-8H2,1-3H3,(H,18,23)(H,21,22). The maximum Gasteiger partial charge on any atom is 0.407 e. The molecule has 0 heterocycles. The zero-order chi connectivity index (χ0) is 18.5. The molecule has 0 saturated carbocycles. The van der Waals surface area contributed by atoms with Crippen LogP contribution in [-0.4, -0.2) is 45.6 Å². The van der Waals surface area contributed by atoms with Gasteiger partial charge in [-0.1, -0.05) is 12.1 Å². The Morgan fingerprint density at radius 2 is 1.92 bits per heavy atom. The number of nitrogens with one attached hydrogen (secondary N) is 1. The Morgan fingerprint density at radius 1 is 1.29 bits per heavy atom. The predicted octanol–water partition coefficient (Wildman–Crippen LogP) is 1.83.